The number of carbonyl (C=O) groups is 1. The SMILES string of the molecule is C=CCn1c(=NC(=O)Cc2ccc(Cl)s2)sc2cc(F)ccc21. The van der Waals surface area contributed by atoms with Crippen LogP contribution in [0.1, 0.15) is 4.88 Å². The lowest BCUT2D eigenvalue weighted by molar-refractivity contribution is -0.117. The molecule has 0 spiro atoms. The van der Waals surface area contributed by atoms with Gasteiger partial charge in [0.25, 0.3) is 5.91 Å². The molecule has 3 aromatic rings. The van der Waals surface area contributed by atoms with Crippen LogP contribution in [0.5, 0.6) is 0 Å². The Kier molecular flexibility index (Phi) is 4.75. The Bertz CT molecular complexity index is 955. The lowest BCUT2D eigenvalue weighted by Crippen LogP contribution is -2.16. The summed E-state index contributed by atoms with van der Waals surface area (Å²) in [7, 11) is 0. The van der Waals surface area contributed by atoms with Crippen molar-refractivity contribution in [1.82, 2.24) is 4.57 Å². The van der Waals surface area contributed by atoms with Gasteiger partial charge in [0, 0.05) is 11.4 Å². The molecule has 23 heavy (non-hydrogen) atoms. The number of allylic oxidation sites excluding steroid dienone is 1. The quantitative estimate of drug-likeness (QED) is 0.629. The van der Waals surface area contributed by atoms with E-state index >= 15 is 0 Å². The van der Waals surface area contributed by atoms with Crippen molar-refractivity contribution in [2.45, 2.75) is 13.0 Å². The first-order valence-corrected chi connectivity index (χ1v) is 8.79. The molecule has 118 valence electrons. The molecule has 0 saturated heterocycles. The van der Waals surface area contributed by atoms with Crippen molar-refractivity contribution in [2.24, 2.45) is 4.99 Å². The van der Waals surface area contributed by atoms with Crippen molar-refractivity contribution in [1.29, 1.82) is 0 Å². The predicted octanol–water partition coefficient (Wildman–Crippen LogP) is 4.41. The summed E-state index contributed by atoms with van der Waals surface area (Å²) in [4.78, 5) is 17.8. The monoisotopic (exact) mass is 366 g/mol. The molecule has 2 heterocycles. The van der Waals surface area contributed by atoms with Gasteiger partial charge in [0.05, 0.1) is 21.0 Å². The number of thiazole rings is 1. The number of carbonyl (C=O) groups excluding carboxylic acids is 1. The van der Waals surface area contributed by atoms with Gasteiger partial charge in [0.1, 0.15) is 5.82 Å². The summed E-state index contributed by atoms with van der Waals surface area (Å²) in [5.74, 6) is -0.566. The molecule has 0 saturated carbocycles. The van der Waals surface area contributed by atoms with Crippen LogP contribution in [0.2, 0.25) is 4.34 Å². The van der Waals surface area contributed by atoms with E-state index in [0.29, 0.717) is 15.7 Å². The van der Waals surface area contributed by atoms with Crippen LogP contribution in [0, 0.1) is 5.82 Å². The second kappa shape index (κ2) is 6.78. The van der Waals surface area contributed by atoms with Gasteiger partial charge in [-0.2, -0.15) is 4.99 Å². The highest BCUT2D eigenvalue weighted by Gasteiger charge is 2.09. The highest BCUT2D eigenvalue weighted by atomic mass is 35.5. The Balaban J connectivity index is 2.01. The van der Waals surface area contributed by atoms with Crippen molar-refractivity contribution in [3.05, 3.63) is 62.8 Å². The Morgan fingerprint density at radius 3 is 2.87 bits per heavy atom. The fraction of sp³-hybridized carbons (Fsp3) is 0.125. The van der Waals surface area contributed by atoms with Gasteiger partial charge in [-0.3, -0.25) is 4.79 Å². The first kappa shape index (κ1) is 16.1. The average molecular weight is 367 g/mol. The summed E-state index contributed by atoms with van der Waals surface area (Å²) in [6.45, 7) is 4.22. The molecule has 3 rings (SSSR count). The molecule has 0 radical (unpaired) electrons. The van der Waals surface area contributed by atoms with Crippen LogP contribution in [0.4, 0.5) is 4.39 Å². The maximum atomic E-state index is 13.4. The fourth-order valence-electron chi connectivity index (χ4n) is 2.18. The van der Waals surface area contributed by atoms with Crippen molar-refractivity contribution >= 4 is 50.4 Å². The number of thiophene rings is 1. The van der Waals surface area contributed by atoms with E-state index in [1.54, 1.807) is 18.2 Å². The highest BCUT2D eigenvalue weighted by molar-refractivity contribution is 7.16. The van der Waals surface area contributed by atoms with Crippen LogP contribution in [0.25, 0.3) is 10.2 Å². The molecular weight excluding hydrogens is 355 g/mol. The van der Waals surface area contributed by atoms with E-state index in [2.05, 4.69) is 11.6 Å². The number of aromatic nitrogens is 1. The van der Waals surface area contributed by atoms with Gasteiger partial charge >= 0.3 is 0 Å². The molecular formula is C16H12ClFN2OS2. The van der Waals surface area contributed by atoms with Crippen LogP contribution in [0.15, 0.2) is 48.0 Å². The minimum absolute atomic E-state index is 0.202. The highest BCUT2D eigenvalue weighted by Crippen LogP contribution is 2.22. The molecule has 0 aliphatic heterocycles. The van der Waals surface area contributed by atoms with Crippen molar-refractivity contribution in [2.75, 3.05) is 0 Å². The minimum atomic E-state index is -0.310. The fourth-order valence-corrected chi connectivity index (χ4v) is 4.34. The predicted molar refractivity (Wildman–Crippen MR) is 93.6 cm³/mol. The summed E-state index contributed by atoms with van der Waals surface area (Å²) in [6, 6.07) is 8.11. The smallest absolute Gasteiger partial charge is 0.253 e. The molecule has 7 heteroatoms. The third kappa shape index (κ3) is 3.60. The summed E-state index contributed by atoms with van der Waals surface area (Å²) in [6.07, 6.45) is 1.92. The first-order valence-electron chi connectivity index (χ1n) is 6.78. The average Bonchev–Trinajstić information content (AvgIpc) is 3.03. The lowest BCUT2D eigenvalue weighted by Gasteiger charge is -2.00. The summed E-state index contributed by atoms with van der Waals surface area (Å²) >= 11 is 8.52. The molecule has 0 bridgehead atoms. The third-order valence-corrected chi connectivity index (χ3v) is 5.40. The van der Waals surface area contributed by atoms with E-state index in [-0.39, 0.29) is 18.1 Å². The second-order valence-electron chi connectivity index (χ2n) is 4.78. The van der Waals surface area contributed by atoms with E-state index in [9.17, 15) is 9.18 Å². The van der Waals surface area contributed by atoms with Crippen LogP contribution in [0.3, 0.4) is 0 Å². The largest absolute Gasteiger partial charge is 0.313 e. The zero-order chi connectivity index (χ0) is 16.4. The third-order valence-electron chi connectivity index (χ3n) is 3.13. The molecule has 2 aromatic heterocycles. The van der Waals surface area contributed by atoms with E-state index < -0.39 is 0 Å². The van der Waals surface area contributed by atoms with Gasteiger partial charge in [0.15, 0.2) is 4.80 Å². The van der Waals surface area contributed by atoms with Crippen molar-refractivity contribution in [3.63, 3.8) is 0 Å². The van der Waals surface area contributed by atoms with E-state index in [4.69, 9.17) is 11.6 Å². The van der Waals surface area contributed by atoms with Crippen LogP contribution < -0.4 is 4.80 Å². The van der Waals surface area contributed by atoms with Gasteiger partial charge in [-0.25, -0.2) is 4.39 Å². The van der Waals surface area contributed by atoms with E-state index in [1.165, 1.54) is 34.8 Å². The molecule has 0 unspecified atom stereocenters. The zero-order valence-electron chi connectivity index (χ0n) is 12.0. The number of halogens is 2. The van der Waals surface area contributed by atoms with Crippen molar-refractivity contribution < 1.29 is 9.18 Å². The maximum absolute atomic E-state index is 13.4. The topological polar surface area (TPSA) is 34.4 Å². The molecule has 0 atom stereocenters. The van der Waals surface area contributed by atoms with Gasteiger partial charge in [0.2, 0.25) is 0 Å². The van der Waals surface area contributed by atoms with Gasteiger partial charge in [-0.1, -0.05) is 29.0 Å². The Morgan fingerprint density at radius 2 is 2.17 bits per heavy atom. The normalized spacial score (nSPS) is 12.0. The molecule has 0 aliphatic rings. The summed E-state index contributed by atoms with van der Waals surface area (Å²) in [5, 5.41) is 0. The zero-order valence-corrected chi connectivity index (χ0v) is 14.3. The summed E-state index contributed by atoms with van der Waals surface area (Å²) < 4.78 is 16.6. The molecule has 1 aromatic carbocycles. The van der Waals surface area contributed by atoms with Crippen LogP contribution >= 0.6 is 34.3 Å². The standard InChI is InChI=1S/C16H12ClFN2OS2/c1-2-7-20-12-5-3-10(18)8-13(12)23-16(20)19-15(21)9-11-4-6-14(17)22-11/h2-6,8H,1,7,9H2. The van der Waals surface area contributed by atoms with Crippen molar-refractivity contribution in [3.8, 4) is 0 Å². The number of hydrogen-bond donors (Lipinski definition) is 0. The number of benzene rings is 1. The lowest BCUT2D eigenvalue weighted by atomic mass is 10.3. The maximum Gasteiger partial charge on any atom is 0.253 e. The molecule has 0 fully saturated rings. The minimum Gasteiger partial charge on any atom is -0.313 e. The number of hydrogen-bond acceptors (Lipinski definition) is 3. The number of nitrogens with zero attached hydrogens (tertiary/aromatic N) is 2. The molecule has 1 amide bonds. The van der Waals surface area contributed by atoms with E-state index in [1.807, 2.05) is 10.6 Å². The number of fused-ring (bicyclic) bond motifs is 1. The van der Waals surface area contributed by atoms with Crippen LogP contribution in [-0.2, 0) is 17.8 Å². The van der Waals surface area contributed by atoms with Crippen LogP contribution in [-0.4, -0.2) is 10.5 Å². The second-order valence-corrected chi connectivity index (χ2v) is 7.59. The Labute approximate surface area is 145 Å². The number of amides is 1. The first-order chi connectivity index (χ1) is 11.1. The molecule has 0 aliphatic carbocycles. The van der Waals surface area contributed by atoms with E-state index in [0.717, 1.165) is 15.1 Å². The molecule has 0 N–H and O–H groups in total. The Morgan fingerprint density at radius 1 is 1.35 bits per heavy atom. The van der Waals surface area contributed by atoms with Gasteiger partial charge in [-0.15, -0.1) is 17.9 Å². The van der Waals surface area contributed by atoms with Gasteiger partial charge in [-0.05, 0) is 30.3 Å². The molecule has 3 nitrogen and oxygen atoms in total. The Hall–Kier alpha value is -1.76. The number of rotatable bonds is 4. The van der Waals surface area contributed by atoms with Gasteiger partial charge < -0.3 is 4.57 Å². The summed E-state index contributed by atoms with van der Waals surface area (Å²) in [5.41, 5.74) is 0.835.